The van der Waals surface area contributed by atoms with Gasteiger partial charge < -0.3 is 15.4 Å². The Kier molecular flexibility index (Phi) is 8.98. The van der Waals surface area contributed by atoms with E-state index < -0.39 is 0 Å². The summed E-state index contributed by atoms with van der Waals surface area (Å²) in [5.74, 6) is 1.45. The van der Waals surface area contributed by atoms with E-state index in [2.05, 4.69) is 62.8 Å². The van der Waals surface area contributed by atoms with Crippen LogP contribution in [0.4, 0.5) is 0 Å². The van der Waals surface area contributed by atoms with Crippen molar-refractivity contribution in [3.8, 4) is 5.88 Å². The number of nitrogens with zero attached hydrogens (tertiary/aromatic N) is 3. The van der Waals surface area contributed by atoms with Crippen LogP contribution in [0.3, 0.4) is 0 Å². The molecule has 0 spiro atoms. The Hall–Kier alpha value is -1.87. The second-order valence-electron chi connectivity index (χ2n) is 6.94. The van der Waals surface area contributed by atoms with Crippen molar-refractivity contribution in [2.45, 2.75) is 38.5 Å². The summed E-state index contributed by atoms with van der Waals surface area (Å²) < 4.78 is 5.31. The van der Waals surface area contributed by atoms with E-state index >= 15 is 0 Å². The number of ether oxygens (including phenoxy) is 1. The molecule has 1 aromatic heterocycles. The number of methoxy groups -OCH3 is 1. The van der Waals surface area contributed by atoms with E-state index in [0.29, 0.717) is 24.5 Å². The van der Waals surface area contributed by atoms with Crippen molar-refractivity contribution in [1.29, 1.82) is 0 Å². The summed E-state index contributed by atoms with van der Waals surface area (Å²) in [6, 6.07) is 15.5. The fraction of sp³-hybridized carbons (Fsp3) is 0.429. The minimum absolute atomic E-state index is 0. The molecule has 2 aromatic rings. The topological polar surface area (TPSA) is 61.8 Å². The standard InChI is InChI=1S/C21H29N5O.HI/c1-16-12-19(15-26(16)14-17-8-5-4-6-9-17)25-21(22-2)24-13-18-10-7-11-23-20(18)27-3;/h4-11,16,19H,12-15H2,1-3H3,(H2,22,24,25);1H. The highest BCUT2D eigenvalue weighted by Crippen LogP contribution is 2.20. The molecule has 2 N–H and O–H groups in total. The molecular weight excluding hydrogens is 465 g/mol. The first-order valence-electron chi connectivity index (χ1n) is 9.42. The molecule has 0 amide bonds. The average Bonchev–Trinajstić information content (AvgIpc) is 3.05. The van der Waals surface area contributed by atoms with Gasteiger partial charge in [0.25, 0.3) is 0 Å². The van der Waals surface area contributed by atoms with Gasteiger partial charge in [0.05, 0.1) is 7.11 Å². The van der Waals surface area contributed by atoms with Gasteiger partial charge in [0.1, 0.15) is 0 Å². The summed E-state index contributed by atoms with van der Waals surface area (Å²) in [4.78, 5) is 11.1. The third-order valence-corrected chi connectivity index (χ3v) is 4.99. The van der Waals surface area contributed by atoms with Gasteiger partial charge in [-0.15, -0.1) is 24.0 Å². The smallest absolute Gasteiger partial charge is 0.218 e. The van der Waals surface area contributed by atoms with Crippen molar-refractivity contribution in [3.05, 3.63) is 59.8 Å². The number of benzene rings is 1. The molecule has 2 unspecified atom stereocenters. The number of aliphatic imine (C=N–C) groups is 1. The molecule has 1 fully saturated rings. The van der Waals surface area contributed by atoms with Gasteiger partial charge in [0.15, 0.2) is 5.96 Å². The molecule has 3 rings (SSSR count). The van der Waals surface area contributed by atoms with Gasteiger partial charge in [-0.2, -0.15) is 0 Å². The molecule has 0 radical (unpaired) electrons. The number of hydrogen-bond acceptors (Lipinski definition) is 4. The SMILES string of the molecule is CN=C(NCc1cccnc1OC)NC1CC(C)N(Cc2ccccc2)C1.I. The number of aromatic nitrogens is 1. The monoisotopic (exact) mass is 495 g/mol. The molecule has 1 aliphatic rings. The minimum atomic E-state index is 0. The fourth-order valence-corrected chi connectivity index (χ4v) is 3.55. The van der Waals surface area contributed by atoms with Gasteiger partial charge in [-0.1, -0.05) is 36.4 Å². The summed E-state index contributed by atoms with van der Waals surface area (Å²) in [5.41, 5.74) is 2.37. The zero-order valence-electron chi connectivity index (χ0n) is 16.8. The Morgan fingerprint density at radius 3 is 2.75 bits per heavy atom. The number of rotatable bonds is 6. The molecule has 0 saturated carbocycles. The van der Waals surface area contributed by atoms with E-state index in [4.69, 9.17) is 4.74 Å². The summed E-state index contributed by atoms with van der Waals surface area (Å²) in [5, 5.41) is 6.92. The number of likely N-dealkylation sites (tertiary alicyclic amines) is 1. The van der Waals surface area contributed by atoms with Crippen molar-refractivity contribution in [1.82, 2.24) is 20.5 Å². The van der Waals surface area contributed by atoms with Crippen molar-refractivity contribution in [2.75, 3.05) is 20.7 Å². The second kappa shape index (κ2) is 11.2. The first kappa shape index (κ1) is 22.4. The van der Waals surface area contributed by atoms with Gasteiger partial charge in [-0.25, -0.2) is 4.98 Å². The lowest BCUT2D eigenvalue weighted by Crippen LogP contribution is -2.44. The van der Waals surface area contributed by atoms with E-state index in [-0.39, 0.29) is 24.0 Å². The van der Waals surface area contributed by atoms with Crippen molar-refractivity contribution >= 4 is 29.9 Å². The van der Waals surface area contributed by atoms with Crippen LogP contribution < -0.4 is 15.4 Å². The van der Waals surface area contributed by atoms with Crippen LogP contribution in [0.2, 0.25) is 0 Å². The van der Waals surface area contributed by atoms with Gasteiger partial charge in [-0.3, -0.25) is 9.89 Å². The Labute approximate surface area is 184 Å². The maximum Gasteiger partial charge on any atom is 0.218 e. The summed E-state index contributed by atoms with van der Waals surface area (Å²) in [6.07, 6.45) is 2.83. The number of nitrogens with one attached hydrogen (secondary N) is 2. The molecule has 28 heavy (non-hydrogen) atoms. The van der Waals surface area contributed by atoms with Gasteiger partial charge in [-0.05, 0) is 25.0 Å². The highest BCUT2D eigenvalue weighted by Gasteiger charge is 2.29. The molecule has 1 saturated heterocycles. The predicted octanol–water partition coefficient (Wildman–Crippen LogP) is 3.04. The van der Waals surface area contributed by atoms with Crippen molar-refractivity contribution in [3.63, 3.8) is 0 Å². The Morgan fingerprint density at radius 1 is 1.25 bits per heavy atom. The molecule has 6 nitrogen and oxygen atoms in total. The maximum atomic E-state index is 5.31. The molecule has 152 valence electrons. The number of halogens is 1. The van der Waals surface area contributed by atoms with Crippen LogP contribution >= 0.6 is 24.0 Å². The van der Waals surface area contributed by atoms with E-state index in [1.807, 2.05) is 12.1 Å². The summed E-state index contributed by atoms with van der Waals surface area (Å²) in [6.45, 7) is 4.90. The van der Waals surface area contributed by atoms with Crippen LogP contribution in [0.25, 0.3) is 0 Å². The Balaban J connectivity index is 0.00000280. The number of hydrogen-bond donors (Lipinski definition) is 2. The van der Waals surface area contributed by atoms with Crippen molar-refractivity contribution < 1.29 is 4.74 Å². The molecule has 0 aliphatic carbocycles. The zero-order chi connectivity index (χ0) is 19.1. The van der Waals surface area contributed by atoms with E-state index in [0.717, 1.165) is 31.0 Å². The lowest BCUT2D eigenvalue weighted by Gasteiger charge is -2.21. The predicted molar refractivity (Wildman–Crippen MR) is 124 cm³/mol. The lowest BCUT2D eigenvalue weighted by molar-refractivity contribution is 0.258. The molecule has 2 atom stereocenters. The molecule has 1 aliphatic heterocycles. The first-order chi connectivity index (χ1) is 13.2. The Bertz CT molecular complexity index is 755. The molecule has 7 heteroatoms. The van der Waals surface area contributed by atoms with E-state index in [1.165, 1.54) is 5.56 Å². The van der Waals surface area contributed by atoms with Gasteiger partial charge >= 0.3 is 0 Å². The minimum Gasteiger partial charge on any atom is -0.481 e. The van der Waals surface area contributed by atoms with E-state index in [1.54, 1.807) is 20.4 Å². The Morgan fingerprint density at radius 2 is 2.04 bits per heavy atom. The van der Waals surface area contributed by atoms with Crippen LogP contribution in [-0.4, -0.2) is 48.6 Å². The number of pyridine rings is 1. The second-order valence-corrected chi connectivity index (χ2v) is 6.94. The average molecular weight is 495 g/mol. The molecular formula is C21H30IN5O. The highest BCUT2D eigenvalue weighted by atomic mass is 127. The molecule has 2 heterocycles. The molecule has 0 bridgehead atoms. The van der Waals surface area contributed by atoms with Crippen molar-refractivity contribution in [2.24, 2.45) is 4.99 Å². The van der Waals surface area contributed by atoms with Gasteiger partial charge in [0, 0.05) is 50.5 Å². The lowest BCUT2D eigenvalue weighted by atomic mass is 10.2. The quantitative estimate of drug-likeness (QED) is 0.367. The third kappa shape index (κ3) is 6.07. The van der Waals surface area contributed by atoms with E-state index in [9.17, 15) is 0 Å². The normalized spacial score (nSPS) is 19.8. The van der Waals surface area contributed by atoms with Crippen LogP contribution in [0.15, 0.2) is 53.7 Å². The summed E-state index contributed by atoms with van der Waals surface area (Å²) in [7, 11) is 3.44. The van der Waals surface area contributed by atoms with Crippen LogP contribution in [0, 0.1) is 0 Å². The summed E-state index contributed by atoms with van der Waals surface area (Å²) >= 11 is 0. The zero-order valence-corrected chi connectivity index (χ0v) is 19.1. The van der Waals surface area contributed by atoms with Crippen LogP contribution in [0.5, 0.6) is 5.88 Å². The van der Waals surface area contributed by atoms with Crippen LogP contribution in [-0.2, 0) is 13.1 Å². The molecule has 1 aromatic carbocycles. The highest BCUT2D eigenvalue weighted by molar-refractivity contribution is 14.0. The number of guanidine groups is 1. The fourth-order valence-electron chi connectivity index (χ4n) is 3.55. The first-order valence-corrected chi connectivity index (χ1v) is 9.42. The van der Waals surface area contributed by atoms with Gasteiger partial charge in [0.2, 0.25) is 5.88 Å². The third-order valence-electron chi connectivity index (χ3n) is 4.99. The van der Waals surface area contributed by atoms with Crippen LogP contribution in [0.1, 0.15) is 24.5 Å². The largest absolute Gasteiger partial charge is 0.481 e. The maximum absolute atomic E-state index is 5.31.